The molecule has 35 heavy (non-hydrogen) atoms. The molecule has 0 spiro atoms. The molecule has 0 fully saturated rings. The predicted molar refractivity (Wildman–Crippen MR) is 129 cm³/mol. The van der Waals surface area contributed by atoms with E-state index < -0.39 is 11.9 Å². The van der Waals surface area contributed by atoms with Crippen molar-refractivity contribution in [1.82, 2.24) is 19.5 Å². The van der Waals surface area contributed by atoms with Crippen molar-refractivity contribution in [3.63, 3.8) is 0 Å². The van der Waals surface area contributed by atoms with E-state index in [1.165, 1.54) is 18.5 Å². The van der Waals surface area contributed by atoms with Gasteiger partial charge in [-0.1, -0.05) is 6.07 Å². The van der Waals surface area contributed by atoms with Gasteiger partial charge in [-0.25, -0.2) is 4.98 Å². The smallest absolute Gasteiger partial charge is 0.404 e. The van der Waals surface area contributed by atoms with E-state index in [1.54, 1.807) is 13.3 Å². The number of nitrogens with one attached hydrogen (secondary N) is 1. The van der Waals surface area contributed by atoms with Gasteiger partial charge in [0.2, 0.25) is 5.95 Å². The van der Waals surface area contributed by atoms with Crippen LogP contribution in [0.15, 0.2) is 41.2 Å². The van der Waals surface area contributed by atoms with Crippen molar-refractivity contribution in [3.05, 3.63) is 53.1 Å². The van der Waals surface area contributed by atoms with Crippen molar-refractivity contribution in [2.75, 3.05) is 44.1 Å². The number of aryl methyl sites for hydroxylation is 1. The van der Waals surface area contributed by atoms with Gasteiger partial charge in [0, 0.05) is 57.1 Å². The molecule has 1 aliphatic heterocycles. The van der Waals surface area contributed by atoms with Gasteiger partial charge in [0.1, 0.15) is 11.2 Å². The highest BCUT2D eigenvalue weighted by Gasteiger charge is 2.32. The number of anilines is 2. The lowest BCUT2D eigenvalue weighted by Crippen LogP contribution is -2.35. The molecule has 4 heterocycles. The van der Waals surface area contributed by atoms with E-state index in [-0.39, 0.29) is 12.6 Å². The summed E-state index contributed by atoms with van der Waals surface area (Å²) in [5, 5.41) is 3.19. The number of ether oxygens (including phenoxy) is 1. The number of likely N-dealkylation sites (N-methyl/N-ethyl adjacent to an activating group) is 1. The van der Waals surface area contributed by atoms with Crippen LogP contribution in [0.2, 0.25) is 0 Å². The Kier molecular flexibility index (Phi) is 6.92. The van der Waals surface area contributed by atoms with Crippen LogP contribution in [0.4, 0.5) is 24.9 Å². The molecule has 3 aromatic heterocycles. The van der Waals surface area contributed by atoms with Gasteiger partial charge in [0.05, 0.1) is 24.7 Å². The zero-order valence-corrected chi connectivity index (χ0v) is 19.7. The number of hydrogen-bond acceptors (Lipinski definition) is 8. The normalized spacial score (nSPS) is 16.5. The number of pyridine rings is 1. The minimum absolute atomic E-state index is 0.176. The van der Waals surface area contributed by atoms with Crippen LogP contribution < -0.4 is 16.0 Å². The summed E-state index contributed by atoms with van der Waals surface area (Å²) in [5.74, 6) is 1.29. The highest BCUT2D eigenvalue weighted by Crippen LogP contribution is 2.35. The van der Waals surface area contributed by atoms with Crippen LogP contribution in [0, 0.1) is 6.92 Å². The lowest BCUT2D eigenvalue weighted by Gasteiger charge is -2.33. The minimum Gasteiger partial charge on any atom is -0.404 e. The van der Waals surface area contributed by atoms with Crippen molar-refractivity contribution in [1.29, 1.82) is 0 Å². The van der Waals surface area contributed by atoms with Gasteiger partial charge in [-0.2, -0.15) is 18.2 Å². The molecule has 12 heteroatoms. The Morgan fingerprint density at radius 3 is 2.80 bits per heavy atom. The molecule has 3 N–H and O–H groups in total. The van der Waals surface area contributed by atoms with Crippen LogP contribution in [0.1, 0.15) is 23.0 Å². The number of halogens is 3. The zero-order valence-electron chi connectivity index (χ0n) is 19.7. The maximum absolute atomic E-state index is 12.6. The van der Waals surface area contributed by atoms with Crippen molar-refractivity contribution in [3.8, 4) is 0 Å². The Morgan fingerprint density at radius 1 is 1.34 bits per heavy atom. The molecule has 3 aromatic rings. The van der Waals surface area contributed by atoms with Crippen molar-refractivity contribution in [2.24, 2.45) is 10.7 Å². The number of hydrogen-bond donors (Lipinski definition) is 2. The van der Waals surface area contributed by atoms with E-state index in [9.17, 15) is 13.2 Å². The second-order valence-electron chi connectivity index (χ2n) is 8.36. The van der Waals surface area contributed by atoms with Crippen molar-refractivity contribution < 1.29 is 17.9 Å². The summed E-state index contributed by atoms with van der Waals surface area (Å²) in [5.41, 5.74) is 8.94. The molecule has 0 aromatic carbocycles. The Labute approximate surface area is 200 Å². The van der Waals surface area contributed by atoms with Gasteiger partial charge in [0.25, 0.3) is 0 Å². The number of methoxy groups -OCH3 is 1. The fourth-order valence-electron chi connectivity index (χ4n) is 4.14. The molecule has 0 saturated heterocycles. The molecule has 0 amide bonds. The summed E-state index contributed by atoms with van der Waals surface area (Å²) in [6, 6.07) is 4.51. The highest BCUT2D eigenvalue weighted by molar-refractivity contribution is 5.90. The van der Waals surface area contributed by atoms with Gasteiger partial charge in [-0.3, -0.25) is 9.98 Å². The van der Waals surface area contributed by atoms with Crippen LogP contribution >= 0.6 is 0 Å². The Hall–Kier alpha value is -3.67. The summed E-state index contributed by atoms with van der Waals surface area (Å²) < 4.78 is 45.5. The van der Waals surface area contributed by atoms with E-state index in [0.29, 0.717) is 30.2 Å². The SMILES string of the molecule is COC[C@H]1CN(C)c2nc(NCC(C=NCc3ccc(C(F)(F)F)nc3)=CN)nc3cc(C)n1c23. The standard InChI is InChI=1S/C23H27F3N8O/c1-14-6-18-20-21(33(2)12-17(13-35-3)34(14)20)32-22(31-18)30-11-16(7-27)9-28-8-15-4-5-19(29-10-15)23(24,25)26/h4-7,9-10,17H,8,11-13,27H2,1-3H3,(H,30,31,32)/t17-/m1/s1. The molecular formula is C23H27F3N8O. The summed E-state index contributed by atoms with van der Waals surface area (Å²) in [7, 11) is 3.69. The number of aromatic nitrogens is 4. The third-order valence-electron chi connectivity index (χ3n) is 5.74. The Morgan fingerprint density at radius 2 is 2.14 bits per heavy atom. The van der Waals surface area contributed by atoms with Crippen LogP contribution in [0.25, 0.3) is 11.0 Å². The topological polar surface area (TPSA) is 106 Å². The molecule has 0 aliphatic carbocycles. The third-order valence-corrected chi connectivity index (χ3v) is 5.74. The Balaban J connectivity index is 1.44. The second kappa shape index (κ2) is 9.90. The first kappa shape index (κ1) is 24.5. The fourth-order valence-corrected chi connectivity index (χ4v) is 4.14. The first-order valence-corrected chi connectivity index (χ1v) is 11.0. The van der Waals surface area contributed by atoms with Crippen LogP contribution in [0.3, 0.4) is 0 Å². The molecule has 0 bridgehead atoms. The Bertz CT molecular complexity index is 1250. The molecular weight excluding hydrogens is 461 g/mol. The molecule has 1 atom stereocenters. The lowest BCUT2D eigenvalue weighted by molar-refractivity contribution is -0.141. The van der Waals surface area contributed by atoms with Crippen LogP contribution in [-0.2, 0) is 17.5 Å². The molecule has 0 unspecified atom stereocenters. The number of nitrogens with two attached hydrogens (primary N) is 1. The molecule has 9 nitrogen and oxygen atoms in total. The average molecular weight is 489 g/mol. The van der Waals surface area contributed by atoms with Gasteiger partial charge < -0.3 is 25.3 Å². The quantitative estimate of drug-likeness (QED) is 0.469. The monoisotopic (exact) mass is 488 g/mol. The van der Waals surface area contributed by atoms with E-state index in [2.05, 4.69) is 29.7 Å². The van der Waals surface area contributed by atoms with Crippen molar-refractivity contribution >= 4 is 29.0 Å². The summed E-state index contributed by atoms with van der Waals surface area (Å²) in [6.07, 6.45) is -0.323. The molecule has 0 radical (unpaired) electrons. The van der Waals surface area contributed by atoms with E-state index >= 15 is 0 Å². The van der Waals surface area contributed by atoms with Crippen LogP contribution in [0.5, 0.6) is 0 Å². The number of alkyl halides is 3. The summed E-state index contributed by atoms with van der Waals surface area (Å²) in [6.45, 7) is 3.91. The minimum atomic E-state index is -4.46. The molecule has 4 rings (SSSR count). The van der Waals surface area contributed by atoms with Crippen molar-refractivity contribution in [2.45, 2.75) is 25.7 Å². The largest absolute Gasteiger partial charge is 0.433 e. The first-order valence-electron chi connectivity index (χ1n) is 11.0. The first-order chi connectivity index (χ1) is 16.7. The van der Waals surface area contributed by atoms with E-state index in [1.807, 2.05) is 20.0 Å². The third kappa shape index (κ3) is 5.21. The fraction of sp³-hybridized carbons (Fsp3) is 0.391. The number of aliphatic imine (C=N–C) groups is 1. The van der Waals surface area contributed by atoms with Gasteiger partial charge in [0.15, 0.2) is 5.82 Å². The molecule has 1 aliphatic rings. The number of nitrogens with zero attached hydrogens (tertiary/aromatic N) is 6. The van der Waals surface area contributed by atoms with E-state index in [0.717, 1.165) is 35.2 Å². The second-order valence-corrected chi connectivity index (χ2v) is 8.36. The maximum Gasteiger partial charge on any atom is 0.433 e. The summed E-state index contributed by atoms with van der Waals surface area (Å²) >= 11 is 0. The number of rotatable bonds is 8. The average Bonchev–Trinajstić information content (AvgIpc) is 3.15. The van der Waals surface area contributed by atoms with Gasteiger partial charge in [-0.05, 0) is 24.6 Å². The molecule has 186 valence electrons. The molecule has 0 saturated carbocycles. The van der Waals surface area contributed by atoms with Crippen LogP contribution in [-0.4, -0.2) is 59.6 Å². The maximum atomic E-state index is 12.6. The van der Waals surface area contributed by atoms with Gasteiger partial charge in [-0.15, -0.1) is 0 Å². The lowest BCUT2D eigenvalue weighted by atomic mass is 10.2. The van der Waals surface area contributed by atoms with Gasteiger partial charge >= 0.3 is 6.18 Å². The highest BCUT2D eigenvalue weighted by atomic mass is 19.4. The zero-order chi connectivity index (χ0) is 25.2. The predicted octanol–water partition coefficient (Wildman–Crippen LogP) is 3.32. The van der Waals surface area contributed by atoms with E-state index in [4.69, 9.17) is 15.5 Å². The summed E-state index contributed by atoms with van der Waals surface area (Å²) in [4.78, 5) is 19.2.